The molecule has 3 N–H and O–H groups in total. The molecule has 4 aliphatic rings. The van der Waals surface area contributed by atoms with E-state index in [4.69, 9.17) is 5.26 Å². The SMILES string of the molecule is CCCCC(CC#N)C(=O)CC12CC3CC(CC(O)(C3)C1)C2.CN. The highest BCUT2D eigenvalue weighted by Gasteiger charge is 2.57. The first kappa shape index (κ1) is 19.4. The predicted molar refractivity (Wildman–Crippen MR) is 95.0 cm³/mol. The molecule has 0 heterocycles. The number of carbonyl (C=O) groups is 1. The Morgan fingerprint density at radius 1 is 1.29 bits per heavy atom. The molecule has 3 atom stereocenters. The van der Waals surface area contributed by atoms with Gasteiger partial charge in [-0.15, -0.1) is 0 Å². The van der Waals surface area contributed by atoms with E-state index in [-0.39, 0.29) is 11.3 Å². The summed E-state index contributed by atoms with van der Waals surface area (Å²) in [7, 11) is 1.50. The third kappa shape index (κ3) is 4.18. The van der Waals surface area contributed by atoms with Crippen LogP contribution in [0.2, 0.25) is 0 Å². The molecule has 0 amide bonds. The lowest BCUT2D eigenvalue weighted by atomic mass is 9.47. The second kappa shape index (κ2) is 7.97. The van der Waals surface area contributed by atoms with Gasteiger partial charge < -0.3 is 10.8 Å². The average molecular weight is 335 g/mol. The Morgan fingerprint density at radius 3 is 2.42 bits per heavy atom. The first-order chi connectivity index (χ1) is 11.5. The summed E-state index contributed by atoms with van der Waals surface area (Å²) in [6.07, 6.45) is 10.2. The molecule has 0 aromatic heterocycles. The van der Waals surface area contributed by atoms with Crippen molar-refractivity contribution >= 4 is 5.78 Å². The van der Waals surface area contributed by atoms with E-state index >= 15 is 0 Å². The molecular weight excluding hydrogens is 300 g/mol. The summed E-state index contributed by atoms with van der Waals surface area (Å²) in [6, 6.07) is 2.20. The van der Waals surface area contributed by atoms with Crippen LogP contribution in [0.5, 0.6) is 0 Å². The van der Waals surface area contributed by atoms with Gasteiger partial charge in [-0.25, -0.2) is 0 Å². The van der Waals surface area contributed by atoms with Gasteiger partial charge in [-0.05, 0) is 69.2 Å². The van der Waals surface area contributed by atoms with Gasteiger partial charge in [0.15, 0.2) is 0 Å². The Kier molecular flexibility index (Phi) is 6.45. The van der Waals surface area contributed by atoms with Gasteiger partial charge >= 0.3 is 0 Å². The molecule has 0 saturated heterocycles. The molecule has 0 aliphatic heterocycles. The highest BCUT2D eigenvalue weighted by Crippen LogP contribution is 2.63. The Balaban J connectivity index is 0.00000100. The minimum absolute atomic E-state index is 0.0514. The summed E-state index contributed by atoms with van der Waals surface area (Å²) >= 11 is 0. The number of unbranched alkanes of at least 4 members (excludes halogenated alkanes) is 1. The number of nitriles is 1. The van der Waals surface area contributed by atoms with Crippen LogP contribution in [0.1, 0.15) is 77.6 Å². The maximum Gasteiger partial charge on any atom is 0.137 e. The standard InChI is InChI=1S/C19H29NO2.CH5N/c1-2-3-4-16(5-6-20)17(21)12-18-8-14-7-15(9-18)11-19(22,10-14)13-18;1-2/h14-16,22H,2-5,7-13H2,1H3;2H2,1H3. The first-order valence-corrected chi connectivity index (χ1v) is 9.67. The lowest BCUT2D eigenvalue weighted by Gasteiger charge is -2.60. The maximum absolute atomic E-state index is 12.8. The molecule has 4 fully saturated rings. The van der Waals surface area contributed by atoms with Crippen LogP contribution in [0.3, 0.4) is 0 Å². The molecule has 3 unspecified atom stereocenters. The fourth-order valence-corrected chi connectivity index (χ4v) is 6.06. The third-order valence-electron chi connectivity index (χ3n) is 6.40. The normalized spacial score (nSPS) is 37.3. The van der Waals surface area contributed by atoms with Gasteiger partial charge in [0.2, 0.25) is 0 Å². The molecular formula is C20H34N2O2. The molecule has 4 saturated carbocycles. The number of nitrogens with zero attached hydrogens (tertiary/aromatic N) is 1. The Morgan fingerprint density at radius 2 is 1.92 bits per heavy atom. The maximum atomic E-state index is 12.8. The zero-order valence-corrected chi connectivity index (χ0v) is 15.4. The van der Waals surface area contributed by atoms with Crippen molar-refractivity contribution < 1.29 is 9.90 Å². The van der Waals surface area contributed by atoms with Crippen molar-refractivity contribution in [3.8, 4) is 6.07 Å². The van der Waals surface area contributed by atoms with Crippen LogP contribution in [0.4, 0.5) is 0 Å². The molecule has 0 aromatic rings. The summed E-state index contributed by atoms with van der Waals surface area (Å²) in [5.41, 5.74) is 4.06. The highest BCUT2D eigenvalue weighted by atomic mass is 16.3. The number of hydrogen-bond acceptors (Lipinski definition) is 4. The van der Waals surface area contributed by atoms with E-state index in [1.54, 1.807) is 0 Å². The van der Waals surface area contributed by atoms with E-state index in [1.165, 1.54) is 13.5 Å². The second-order valence-corrected chi connectivity index (χ2v) is 8.53. The quantitative estimate of drug-likeness (QED) is 0.745. The smallest absolute Gasteiger partial charge is 0.137 e. The van der Waals surface area contributed by atoms with Crippen LogP contribution < -0.4 is 5.73 Å². The van der Waals surface area contributed by atoms with Crippen molar-refractivity contribution in [3.05, 3.63) is 0 Å². The molecule has 0 aromatic carbocycles. The molecule has 24 heavy (non-hydrogen) atoms. The van der Waals surface area contributed by atoms with Gasteiger partial charge in [0.05, 0.1) is 11.7 Å². The minimum Gasteiger partial charge on any atom is -0.390 e. The Bertz CT molecular complexity index is 469. The number of carbonyl (C=O) groups excluding carboxylic acids is 1. The lowest BCUT2D eigenvalue weighted by molar-refractivity contribution is -0.169. The van der Waals surface area contributed by atoms with Crippen molar-refractivity contribution in [1.29, 1.82) is 5.26 Å². The van der Waals surface area contributed by atoms with E-state index in [0.29, 0.717) is 30.5 Å². The molecule has 136 valence electrons. The van der Waals surface area contributed by atoms with Gasteiger partial charge in [-0.2, -0.15) is 5.26 Å². The number of Topliss-reactive ketones (excluding diaryl/α,β-unsaturated/α-hetero) is 1. The molecule has 0 spiro atoms. The topological polar surface area (TPSA) is 87.1 Å². The average Bonchev–Trinajstić information content (AvgIpc) is 2.50. The van der Waals surface area contributed by atoms with Crippen molar-refractivity contribution in [2.45, 2.75) is 83.2 Å². The molecule has 4 bridgehead atoms. The summed E-state index contributed by atoms with van der Waals surface area (Å²) in [5, 5.41) is 19.8. The Hall–Kier alpha value is -0.920. The highest BCUT2D eigenvalue weighted by molar-refractivity contribution is 5.82. The summed E-state index contributed by atoms with van der Waals surface area (Å²) in [5.74, 6) is 1.47. The van der Waals surface area contributed by atoms with Crippen LogP contribution in [-0.4, -0.2) is 23.5 Å². The monoisotopic (exact) mass is 334 g/mol. The van der Waals surface area contributed by atoms with Crippen molar-refractivity contribution in [2.24, 2.45) is 28.9 Å². The first-order valence-electron chi connectivity index (χ1n) is 9.67. The fraction of sp³-hybridized carbons (Fsp3) is 0.900. The number of aliphatic hydroxyl groups is 1. The third-order valence-corrected chi connectivity index (χ3v) is 6.40. The number of rotatable bonds is 7. The van der Waals surface area contributed by atoms with Crippen molar-refractivity contribution in [2.75, 3.05) is 7.05 Å². The summed E-state index contributed by atoms with van der Waals surface area (Å²) < 4.78 is 0. The molecule has 4 aliphatic carbocycles. The van der Waals surface area contributed by atoms with Crippen molar-refractivity contribution in [3.63, 3.8) is 0 Å². The van der Waals surface area contributed by atoms with E-state index < -0.39 is 5.60 Å². The predicted octanol–water partition coefficient (Wildman–Crippen LogP) is 3.57. The van der Waals surface area contributed by atoms with Gasteiger partial charge in [-0.1, -0.05) is 19.8 Å². The summed E-state index contributed by atoms with van der Waals surface area (Å²) in [4.78, 5) is 12.8. The number of ketones is 1. The Labute approximate surface area is 146 Å². The molecule has 4 nitrogen and oxygen atoms in total. The molecule has 4 heteroatoms. The van der Waals surface area contributed by atoms with Gasteiger partial charge in [0, 0.05) is 18.8 Å². The minimum atomic E-state index is -0.488. The van der Waals surface area contributed by atoms with E-state index in [2.05, 4.69) is 18.7 Å². The lowest BCUT2D eigenvalue weighted by Crippen LogP contribution is -2.56. The zero-order valence-electron chi connectivity index (χ0n) is 15.4. The molecule has 4 rings (SSSR count). The largest absolute Gasteiger partial charge is 0.390 e. The molecule has 0 radical (unpaired) electrons. The second-order valence-electron chi connectivity index (χ2n) is 8.53. The van der Waals surface area contributed by atoms with Crippen LogP contribution in [-0.2, 0) is 4.79 Å². The van der Waals surface area contributed by atoms with Crippen molar-refractivity contribution in [1.82, 2.24) is 0 Å². The zero-order chi connectivity index (χ0) is 17.8. The van der Waals surface area contributed by atoms with Gasteiger partial charge in [0.25, 0.3) is 0 Å². The van der Waals surface area contributed by atoms with Crippen LogP contribution >= 0.6 is 0 Å². The van der Waals surface area contributed by atoms with Crippen LogP contribution in [0.25, 0.3) is 0 Å². The number of nitrogens with two attached hydrogens (primary N) is 1. The van der Waals surface area contributed by atoms with E-state index in [0.717, 1.165) is 51.4 Å². The number of hydrogen-bond donors (Lipinski definition) is 2. The van der Waals surface area contributed by atoms with Crippen LogP contribution in [0.15, 0.2) is 0 Å². The van der Waals surface area contributed by atoms with E-state index in [1.807, 2.05) is 0 Å². The van der Waals surface area contributed by atoms with Crippen LogP contribution in [0, 0.1) is 34.5 Å². The van der Waals surface area contributed by atoms with E-state index in [9.17, 15) is 9.90 Å². The van der Waals surface area contributed by atoms with Gasteiger partial charge in [-0.3, -0.25) is 4.79 Å². The summed E-state index contributed by atoms with van der Waals surface area (Å²) in [6.45, 7) is 2.13. The fourth-order valence-electron chi connectivity index (χ4n) is 6.06. The van der Waals surface area contributed by atoms with Gasteiger partial charge in [0.1, 0.15) is 5.78 Å².